The summed E-state index contributed by atoms with van der Waals surface area (Å²) in [4.78, 5) is 26.7. The predicted molar refractivity (Wildman–Crippen MR) is 431 cm³/mol. The molecule has 2 aliphatic carbocycles. The highest BCUT2D eigenvalue weighted by molar-refractivity contribution is 6.37. The maximum absolute atomic E-state index is 5.71. The van der Waals surface area contributed by atoms with Gasteiger partial charge >= 0.3 is 0 Å². The molecule has 0 saturated carbocycles. The minimum atomic E-state index is 0.614. The highest BCUT2D eigenvalue weighted by Gasteiger charge is 2.32. The quantitative estimate of drug-likeness (QED) is 0.142. The molecule has 0 radical (unpaired) electrons. The van der Waals surface area contributed by atoms with Crippen molar-refractivity contribution in [3.63, 3.8) is 0 Å². The van der Waals surface area contributed by atoms with Crippen LogP contribution in [0.3, 0.4) is 0 Å². The van der Waals surface area contributed by atoms with E-state index >= 15 is 0 Å². The molecule has 0 atom stereocenters. The summed E-state index contributed by atoms with van der Waals surface area (Å²) >= 11 is 0. The molecule has 2 aliphatic rings. The van der Waals surface area contributed by atoms with Crippen LogP contribution in [0.25, 0.3) is 232 Å². The van der Waals surface area contributed by atoms with E-state index in [2.05, 4.69) is 306 Å². The van der Waals surface area contributed by atoms with Crippen LogP contribution in [-0.2, 0) is 0 Å². The molecule has 4 aromatic heterocycles. The van der Waals surface area contributed by atoms with Gasteiger partial charge in [-0.3, -0.25) is 4.57 Å². The largest absolute Gasteiger partial charge is 0.309 e. The molecule has 478 valence electrons. The summed E-state index contributed by atoms with van der Waals surface area (Å²) in [5.41, 5.74) is 24.0. The second-order valence-electron chi connectivity index (χ2n) is 27.7. The average molecular weight is 1320 g/mol. The van der Waals surface area contributed by atoms with Crippen molar-refractivity contribution >= 4 is 108 Å². The first-order valence-electron chi connectivity index (χ1n) is 35.5. The lowest BCUT2D eigenvalue weighted by molar-refractivity contribution is 0.996. The maximum atomic E-state index is 5.71. The van der Waals surface area contributed by atoms with Crippen molar-refractivity contribution in [2.45, 2.75) is 0 Å². The minimum absolute atomic E-state index is 0.614. The van der Waals surface area contributed by atoms with Gasteiger partial charge in [-0.2, -0.15) is 0 Å². The first-order valence-corrected chi connectivity index (χ1v) is 35.5. The van der Waals surface area contributed by atoms with Crippen molar-refractivity contribution in [3.05, 3.63) is 334 Å². The van der Waals surface area contributed by atoms with E-state index in [9.17, 15) is 0 Å². The fraction of sp³-hybridized carbons (Fsp3) is 0. The Morgan fingerprint density at radius 2 is 0.577 bits per heavy atom. The number of nitrogens with zero attached hydrogens (tertiary/aromatic N) is 7. The summed E-state index contributed by atoms with van der Waals surface area (Å²) in [5, 5.41) is 19.6. The molecule has 0 bridgehead atoms. The molecule has 4 heterocycles. The fourth-order valence-electron chi connectivity index (χ4n) is 17.8. The Kier molecular flexibility index (Phi) is 11.9. The van der Waals surface area contributed by atoms with Gasteiger partial charge in [-0.05, 0) is 175 Å². The molecule has 23 rings (SSSR count). The number of hydrogen-bond acceptors (Lipinski definition) is 5. The van der Waals surface area contributed by atoms with Crippen molar-refractivity contribution in [2.24, 2.45) is 0 Å². The first-order chi connectivity index (χ1) is 51.6. The van der Waals surface area contributed by atoms with Crippen molar-refractivity contribution in [3.8, 4) is 124 Å². The molecule has 0 spiro atoms. The van der Waals surface area contributed by atoms with E-state index in [1.807, 2.05) is 36.4 Å². The van der Waals surface area contributed by atoms with Crippen molar-refractivity contribution in [1.82, 2.24) is 34.1 Å². The van der Waals surface area contributed by atoms with Crippen LogP contribution in [0.2, 0.25) is 0 Å². The Bertz CT molecular complexity index is 7280. The van der Waals surface area contributed by atoms with Gasteiger partial charge in [-0.25, -0.2) is 24.9 Å². The summed E-state index contributed by atoms with van der Waals surface area (Å²) in [5.74, 6) is 2.49. The van der Waals surface area contributed by atoms with Crippen LogP contribution in [0, 0.1) is 0 Å². The van der Waals surface area contributed by atoms with E-state index in [-0.39, 0.29) is 0 Å². The van der Waals surface area contributed by atoms with Crippen molar-refractivity contribution < 1.29 is 0 Å². The number of benzene rings is 17. The molecule has 104 heavy (non-hydrogen) atoms. The maximum Gasteiger partial charge on any atom is 0.235 e. The molecular formula is C97H55N7. The Labute approximate surface area is 596 Å². The lowest BCUT2D eigenvalue weighted by Gasteiger charge is -2.20. The molecule has 0 unspecified atom stereocenters. The Balaban J connectivity index is 0.687. The second kappa shape index (κ2) is 21.7. The van der Waals surface area contributed by atoms with Crippen LogP contribution in [0.4, 0.5) is 0 Å². The van der Waals surface area contributed by atoms with Gasteiger partial charge in [0.1, 0.15) is 0 Å². The number of aromatic nitrogens is 7. The zero-order valence-corrected chi connectivity index (χ0v) is 55.9. The Morgan fingerprint density at radius 1 is 0.192 bits per heavy atom. The summed E-state index contributed by atoms with van der Waals surface area (Å²) in [6.45, 7) is 0. The summed E-state index contributed by atoms with van der Waals surface area (Å²) in [7, 11) is 0. The van der Waals surface area contributed by atoms with E-state index < -0.39 is 0 Å². The molecular weight excluding hydrogens is 1260 g/mol. The third kappa shape index (κ3) is 8.14. The van der Waals surface area contributed by atoms with Gasteiger partial charge in [0.15, 0.2) is 17.5 Å². The molecule has 0 fully saturated rings. The summed E-state index contributed by atoms with van der Waals surface area (Å²) in [6, 6.07) is 121. The monoisotopic (exact) mass is 1320 g/mol. The standard InChI is InChI=1S/C97H55N7/c1-4-22-56(23-5-1)78-55-79(99-97(98-78)104-81-45-21-43-76-87-70-38-14-11-35-67(70)66-34-10-13-37-69(66)86(87)73-40-18-29-58-48-51-83(104)93(85(58)73)91(76)81)63-31-16-30-61(52-63)62-46-49-72-77(54-62)68-36-12-15-39-71(68)88-75-42-20-44-80-90(75)92-82(50-47-57-28-19-41-74(84(57)92)89(72)88)103(80)65-33-17-32-64(53-65)96-101-94(59-24-6-2-7-25-59)100-95(102-96)60-26-8-3-9-27-60/h1-55H. The highest BCUT2D eigenvalue weighted by Crippen LogP contribution is 2.57. The van der Waals surface area contributed by atoms with Gasteiger partial charge in [0.2, 0.25) is 5.95 Å². The molecule has 0 amide bonds. The molecule has 7 heteroatoms. The molecule has 0 aliphatic heterocycles. The third-order valence-corrected chi connectivity index (χ3v) is 22.2. The zero-order chi connectivity index (χ0) is 67.8. The third-order valence-electron chi connectivity index (χ3n) is 22.2. The van der Waals surface area contributed by atoms with Crippen molar-refractivity contribution in [1.29, 1.82) is 0 Å². The minimum Gasteiger partial charge on any atom is -0.309 e. The van der Waals surface area contributed by atoms with E-state index in [0.717, 1.165) is 78.1 Å². The SMILES string of the molecule is c1ccc(-c2cc(-c3cccc(-c4ccc5c6c(c7ccccc7c5c4)-c4cccc5c4c4c7c-6cccc7ccc4n5-c4cccc(-c5nc(-c6ccccc6)nc(-c6ccccc6)n5)c4)c3)nc(-n3c4cccc5c4c4c6c(cccc6ccc43)-c3c-5c4ccccc4c4ccccc34)n2)cc1. The lowest BCUT2D eigenvalue weighted by Crippen LogP contribution is -2.04. The Hall–Kier alpha value is -14.0. The second-order valence-corrected chi connectivity index (χ2v) is 27.7. The lowest BCUT2D eigenvalue weighted by atomic mass is 9.84. The topological polar surface area (TPSA) is 74.3 Å². The van der Waals surface area contributed by atoms with Crippen LogP contribution in [0.15, 0.2) is 334 Å². The molecule has 7 nitrogen and oxygen atoms in total. The normalized spacial score (nSPS) is 12.2. The van der Waals surface area contributed by atoms with Gasteiger partial charge in [0.05, 0.1) is 33.5 Å². The predicted octanol–water partition coefficient (Wildman–Crippen LogP) is 25.1. The van der Waals surface area contributed by atoms with Crippen molar-refractivity contribution in [2.75, 3.05) is 0 Å². The molecule has 0 N–H and O–H groups in total. The fourth-order valence-corrected chi connectivity index (χ4v) is 17.8. The Morgan fingerprint density at radius 3 is 1.13 bits per heavy atom. The van der Waals surface area contributed by atoms with E-state index in [0.29, 0.717) is 23.4 Å². The van der Waals surface area contributed by atoms with Crippen LogP contribution < -0.4 is 0 Å². The molecule has 21 aromatic rings. The number of fused-ring (bicyclic) bond motifs is 16. The molecule has 17 aromatic carbocycles. The number of hydrogen-bond donors (Lipinski definition) is 0. The summed E-state index contributed by atoms with van der Waals surface area (Å²) in [6.07, 6.45) is 0. The smallest absolute Gasteiger partial charge is 0.235 e. The average Bonchev–Trinajstić information content (AvgIpc) is 1.52. The van der Waals surface area contributed by atoms with Crippen LogP contribution in [0.1, 0.15) is 0 Å². The number of rotatable bonds is 8. The van der Waals surface area contributed by atoms with Gasteiger partial charge in [-0.1, -0.05) is 279 Å². The van der Waals surface area contributed by atoms with Crippen LogP contribution in [-0.4, -0.2) is 34.1 Å². The van der Waals surface area contributed by atoms with E-state index in [1.54, 1.807) is 0 Å². The van der Waals surface area contributed by atoms with Gasteiger partial charge in [0, 0.05) is 55.0 Å². The first kappa shape index (κ1) is 56.8. The van der Waals surface area contributed by atoms with Gasteiger partial charge < -0.3 is 4.57 Å². The van der Waals surface area contributed by atoms with Gasteiger partial charge in [-0.15, -0.1) is 0 Å². The molecule has 0 saturated heterocycles. The van der Waals surface area contributed by atoms with E-state index in [1.165, 1.54) is 131 Å². The van der Waals surface area contributed by atoms with Gasteiger partial charge in [0.25, 0.3) is 0 Å². The van der Waals surface area contributed by atoms with E-state index in [4.69, 9.17) is 24.9 Å². The highest BCUT2D eigenvalue weighted by atomic mass is 15.2. The van der Waals surface area contributed by atoms with Crippen LogP contribution >= 0.6 is 0 Å². The zero-order valence-electron chi connectivity index (χ0n) is 55.9. The van der Waals surface area contributed by atoms with Crippen LogP contribution in [0.5, 0.6) is 0 Å². The summed E-state index contributed by atoms with van der Waals surface area (Å²) < 4.78 is 4.77.